The number of carbonyl (C=O) groups excluding carboxylic acids is 2. The van der Waals surface area contributed by atoms with Gasteiger partial charge in [-0.1, -0.05) is 19.1 Å². The van der Waals surface area contributed by atoms with Gasteiger partial charge in [0, 0.05) is 18.2 Å². The van der Waals surface area contributed by atoms with Crippen LogP contribution in [0, 0.1) is 0 Å². The van der Waals surface area contributed by atoms with E-state index < -0.39 is 0 Å². The molecular weight excluding hydrogens is 266 g/mol. The number of carbonyl (C=O) groups is 2. The van der Waals surface area contributed by atoms with Gasteiger partial charge in [0.05, 0.1) is 12.2 Å². The summed E-state index contributed by atoms with van der Waals surface area (Å²) in [5.41, 5.74) is 1.15. The number of ketones is 1. The lowest BCUT2D eigenvalue weighted by molar-refractivity contribution is -0.117. The Labute approximate surface area is 125 Å². The predicted molar refractivity (Wildman–Crippen MR) is 83.6 cm³/mol. The van der Waals surface area contributed by atoms with Crippen LogP contribution in [0.15, 0.2) is 24.3 Å². The first-order chi connectivity index (χ1) is 10.1. The average Bonchev–Trinajstić information content (AvgIpc) is 2.99. The van der Waals surface area contributed by atoms with E-state index in [0.717, 1.165) is 26.1 Å². The SMILES string of the molecule is CCN(CC(=O)Nc1ccccc1C(C)=O)C1CCNC1. The van der Waals surface area contributed by atoms with Crippen LogP contribution >= 0.6 is 0 Å². The summed E-state index contributed by atoms with van der Waals surface area (Å²) in [6.45, 7) is 6.72. The zero-order valence-corrected chi connectivity index (χ0v) is 12.7. The Morgan fingerprint density at radius 2 is 2.14 bits per heavy atom. The molecule has 1 fully saturated rings. The number of nitrogens with zero attached hydrogens (tertiary/aromatic N) is 1. The molecule has 1 aromatic rings. The van der Waals surface area contributed by atoms with Crippen molar-refractivity contribution in [2.75, 3.05) is 31.5 Å². The van der Waals surface area contributed by atoms with Crippen LogP contribution in [0.4, 0.5) is 5.69 Å². The van der Waals surface area contributed by atoms with Crippen LogP contribution in [0.3, 0.4) is 0 Å². The summed E-state index contributed by atoms with van der Waals surface area (Å²) in [6.07, 6.45) is 1.07. The van der Waals surface area contributed by atoms with E-state index in [0.29, 0.717) is 23.8 Å². The van der Waals surface area contributed by atoms with Gasteiger partial charge in [-0.25, -0.2) is 0 Å². The maximum atomic E-state index is 12.2. The second-order valence-electron chi connectivity index (χ2n) is 5.36. The highest BCUT2D eigenvalue weighted by Crippen LogP contribution is 2.16. The smallest absolute Gasteiger partial charge is 0.238 e. The molecule has 1 unspecified atom stereocenters. The molecule has 1 aliphatic heterocycles. The molecule has 1 atom stereocenters. The van der Waals surface area contributed by atoms with E-state index in [-0.39, 0.29) is 11.7 Å². The fourth-order valence-corrected chi connectivity index (χ4v) is 2.72. The van der Waals surface area contributed by atoms with Gasteiger partial charge >= 0.3 is 0 Å². The van der Waals surface area contributed by atoms with Gasteiger partial charge in [-0.3, -0.25) is 14.5 Å². The maximum absolute atomic E-state index is 12.2. The van der Waals surface area contributed by atoms with E-state index in [1.54, 1.807) is 18.2 Å². The van der Waals surface area contributed by atoms with E-state index >= 15 is 0 Å². The zero-order chi connectivity index (χ0) is 15.2. The molecule has 1 aromatic carbocycles. The second-order valence-corrected chi connectivity index (χ2v) is 5.36. The molecule has 1 saturated heterocycles. The fourth-order valence-electron chi connectivity index (χ4n) is 2.72. The normalized spacial score (nSPS) is 18.0. The quantitative estimate of drug-likeness (QED) is 0.779. The molecule has 2 rings (SSSR count). The van der Waals surface area contributed by atoms with Gasteiger partial charge in [0.15, 0.2) is 5.78 Å². The summed E-state index contributed by atoms with van der Waals surface area (Å²) in [5.74, 6) is -0.115. The summed E-state index contributed by atoms with van der Waals surface area (Å²) < 4.78 is 0. The fraction of sp³-hybridized carbons (Fsp3) is 0.500. The summed E-state index contributed by atoms with van der Waals surface area (Å²) >= 11 is 0. The molecule has 114 valence electrons. The monoisotopic (exact) mass is 289 g/mol. The molecule has 0 saturated carbocycles. The third-order valence-corrected chi connectivity index (χ3v) is 3.88. The molecule has 0 aromatic heterocycles. The van der Waals surface area contributed by atoms with Gasteiger partial charge in [-0.15, -0.1) is 0 Å². The summed E-state index contributed by atoms with van der Waals surface area (Å²) in [6, 6.07) is 7.54. The highest BCUT2D eigenvalue weighted by Gasteiger charge is 2.23. The number of amides is 1. The molecule has 0 spiro atoms. The Balaban J connectivity index is 1.99. The summed E-state index contributed by atoms with van der Waals surface area (Å²) in [4.78, 5) is 26.0. The van der Waals surface area contributed by atoms with Crippen LogP contribution in [-0.4, -0.2) is 48.8 Å². The topological polar surface area (TPSA) is 61.4 Å². The Bertz CT molecular complexity index is 510. The van der Waals surface area contributed by atoms with Gasteiger partial charge < -0.3 is 10.6 Å². The first-order valence-electron chi connectivity index (χ1n) is 7.46. The molecule has 5 nitrogen and oxygen atoms in total. The van der Waals surface area contributed by atoms with E-state index in [9.17, 15) is 9.59 Å². The van der Waals surface area contributed by atoms with Crippen LogP contribution in [0.1, 0.15) is 30.6 Å². The van der Waals surface area contributed by atoms with Gasteiger partial charge in [0.25, 0.3) is 0 Å². The number of para-hydroxylation sites is 1. The van der Waals surface area contributed by atoms with Crippen molar-refractivity contribution in [2.45, 2.75) is 26.3 Å². The van der Waals surface area contributed by atoms with Crippen LogP contribution in [-0.2, 0) is 4.79 Å². The highest BCUT2D eigenvalue weighted by atomic mass is 16.2. The first kappa shape index (κ1) is 15.7. The number of nitrogens with one attached hydrogen (secondary N) is 2. The van der Waals surface area contributed by atoms with Crippen molar-refractivity contribution in [3.05, 3.63) is 29.8 Å². The van der Waals surface area contributed by atoms with Gasteiger partial charge in [0.1, 0.15) is 0 Å². The average molecular weight is 289 g/mol. The van der Waals surface area contributed by atoms with E-state index in [1.165, 1.54) is 6.92 Å². The van der Waals surface area contributed by atoms with Crippen molar-refractivity contribution in [1.29, 1.82) is 0 Å². The molecule has 0 radical (unpaired) electrons. The number of anilines is 1. The van der Waals surface area contributed by atoms with Gasteiger partial charge in [-0.05, 0) is 38.6 Å². The number of likely N-dealkylation sites (N-methyl/N-ethyl adjacent to an activating group) is 1. The molecule has 1 amide bonds. The molecule has 1 heterocycles. The molecule has 21 heavy (non-hydrogen) atoms. The number of benzene rings is 1. The molecule has 0 bridgehead atoms. The van der Waals surface area contributed by atoms with Crippen molar-refractivity contribution in [3.63, 3.8) is 0 Å². The molecule has 0 aliphatic carbocycles. The summed E-state index contributed by atoms with van der Waals surface area (Å²) in [7, 11) is 0. The first-order valence-corrected chi connectivity index (χ1v) is 7.46. The van der Waals surface area contributed by atoms with Crippen molar-refractivity contribution < 1.29 is 9.59 Å². The maximum Gasteiger partial charge on any atom is 0.238 e. The number of hydrogen-bond donors (Lipinski definition) is 2. The standard InChI is InChI=1S/C16H23N3O2/c1-3-19(13-8-9-17-10-13)11-16(21)18-15-7-5-4-6-14(15)12(2)20/h4-7,13,17H,3,8-11H2,1-2H3,(H,18,21). The Hall–Kier alpha value is -1.72. The minimum atomic E-state index is -0.0718. The lowest BCUT2D eigenvalue weighted by Crippen LogP contribution is -2.41. The molecule has 1 aliphatic rings. The third kappa shape index (κ3) is 4.12. The lowest BCUT2D eigenvalue weighted by atomic mass is 10.1. The minimum Gasteiger partial charge on any atom is -0.324 e. The Morgan fingerprint density at radius 1 is 1.38 bits per heavy atom. The van der Waals surface area contributed by atoms with Crippen LogP contribution < -0.4 is 10.6 Å². The number of Topliss-reactive ketones (excluding diaryl/α,β-unsaturated/α-hetero) is 1. The minimum absolute atomic E-state index is 0.0433. The molecule has 2 N–H and O–H groups in total. The van der Waals surface area contributed by atoms with Crippen molar-refractivity contribution in [3.8, 4) is 0 Å². The number of hydrogen-bond acceptors (Lipinski definition) is 4. The van der Waals surface area contributed by atoms with E-state index in [1.807, 2.05) is 6.07 Å². The Kier molecular flexibility index (Phi) is 5.47. The predicted octanol–water partition coefficient (Wildman–Crippen LogP) is 1.51. The molecular formula is C16H23N3O2. The van der Waals surface area contributed by atoms with Crippen molar-refractivity contribution in [2.24, 2.45) is 0 Å². The third-order valence-electron chi connectivity index (χ3n) is 3.88. The van der Waals surface area contributed by atoms with Crippen molar-refractivity contribution >= 4 is 17.4 Å². The van der Waals surface area contributed by atoms with Crippen LogP contribution in [0.5, 0.6) is 0 Å². The second kappa shape index (κ2) is 7.33. The van der Waals surface area contributed by atoms with Gasteiger partial charge in [-0.2, -0.15) is 0 Å². The zero-order valence-electron chi connectivity index (χ0n) is 12.7. The van der Waals surface area contributed by atoms with Crippen LogP contribution in [0.25, 0.3) is 0 Å². The van der Waals surface area contributed by atoms with E-state index in [4.69, 9.17) is 0 Å². The highest BCUT2D eigenvalue weighted by molar-refractivity contribution is 6.04. The summed E-state index contributed by atoms with van der Waals surface area (Å²) in [5, 5.41) is 6.17. The largest absolute Gasteiger partial charge is 0.324 e. The number of rotatable bonds is 6. The lowest BCUT2D eigenvalue weighted by Gasteiger charge is -2.26. The van der Waals surface area contributed by atoms with E-state index in [2.05, 4.69) is 22.5 Å². The Morgan fingerprint density at radius 3 is 2.76 bits per heavy atom. The molecule has 5 heteroatoms. The van der Waals surface area contributed by atoms with Crippen LogP contribution in [0.2, 0.25) is 0 Å². The van der Waals surface area contributed by atoms with Crippen molar-refractivity contribution in [1.82, 2.24) is 10.2 Å². The van der Waals surface area contributed by atoms with Gasteiger partial charge in [0.2, 0.25) is 5.91 Å².